The quantitative estimate of drug-likeness (QED) is 0.700. The summed E-state index contributed by atoms with van der Waals surface area (Å²) >= 11 is 5.69. The molecule has 0 aliphatic carbocycles. The maximum Gasteiger partial charge on any atom is 0.343 e. The molecule has 0 spiro atoms. The van der Waals surface area contributed by atoms with Crippen LogP contribution in [0.15, 0.2) is 24.3 Å². The monoisotopic (exact) mass is 244 g/mol. The van der Waals surface area contributed by atoms with E-state index in [0.29, 0.717) is 10.7 Å². The minimum Gasteiger partial charge on any atom is -0.479 e. The Morgan fingerprint density at radius 2 is 2.19 bits per heavy atom. The van der Waals surface area contributed by atoms with E-state index in [1.165, 1.54) is 0 Å². The van der Waals surface area contributed by atoms with E-state index in [1.54, 1.807) is 24.3 Å². The van der Waals surface area contributed by atoms with Crippen LogP contribution in [-0.4, -0.2) is 23.7 Å². The van der Waals surface area contributed by atoms with Crippen molar-refractivity contribution < 1.29 is 19.5 Å². The molecule has 1 aromatic rings. The molecule has 0 unspecified atom stereocenters. The lowest BCUT2D eigenvalue weighted by molar-refractivity contribution is -0.143. The van der Waals surface area contributed by atoms with Gasteiger partial charge in [-0.3, -0.25) is 4.84 Å². The van der Waals surface area contributed by atoms with Crippen molar-refractivity contribution in [2.45, 2.75) is 0 Å². The Hall–Kier alpha value is -1.79. The zero-order valence-electron chi connectivity index (χ0n) is 8.07. The number of urea groups is 1. The molecule has 0 heterocycles. The van der Waals surface area contributed by atoms with Gasteiger partial charge in [0.15, 0.2) is 6.61 Å². The van der Waals surface area contributed by atoms with Crippen molar-refractivity contribution in [3.05, 3.63) is 29.3 Å². The Kier molecular flexibility index (Phi) is 4.56. The number of carboxylic acids is 1. The molecule has 0 saturated carbocycles. The zero-order chi connectivity index (χ0) is 12.0. The first-order chi connectivity index (χ1) is 7.58. The molecule has 86 valence electrons. The third kappa shape index (κ3) is 4.63. The van der Waals surface area contributed by atoms with E-state index < -0.39 is 18.6 Å². The van der Waals surface area contributed by atoms with E-state index in [9.17, 15) is 9.59 Å². The molecular weight excluding hydrogens is 236 g/mol. The number of hydrogen-bond donors (Lipinski definition) is 3. The van der Waals surface area contributed by atoms with Crippen LogP contribution >= 0.6 is 11.6 Å². The first-order valence-corrected chi connectivity index (χ1v) is 4.62. The topological polar surface area (TPSA) is 87.7 Å². The SMILES string of the molecule is O=C(O)CONC(=O)Nc1cccc(Cl)c1. The van der Waals surface area contributed by atoms with Gasteiger partial charge in [-0.2, -0.15) is 0 Å². The van der Waals surface area contributed by atoms with Crippen LogP contribution in [0.1, 0.15) is 0 Å². The van der Waals surface area contributed by atoms with Crippen LogP contribution in [0.5, 0.6) is 0 Å². The summed E-state index contributed by atoms with van der Waals surface area (Å²) in [5.41, 5.74) is 2.38. The van der Waals surface area contributed by atoms with Crippen LogP contribution in [0.25, 0.3) is 0 Å². The number of halogens is 1. The Bertz CT molecular complexity index is 397. The number of anilines is 1. The molecule has 16 heavy (non-hydrogen) atoms. The number of benzene rings is 1. The number of nitrogens with one attached hydrogen (secondary N) is 2. The lowest BCUT2D eigenvalue weighted by Gasteiger charge is -2.06. The van der Waals surface area contributed by atoms with E-state index >= 15 is 0 Å². The van der Waals surface area contributed by atoms with E-state index in [-0.39, 0.29) is 0 Å². The van der Waals surface area contributed by atoms with Gasteiger partial charge in [-0.15, -0.1) is 0 Å². The van der Waals surface area contributed by atoms with Gasteiger partial charge in [0.1, 0.15) is 0 Å². The molecule has 0 aliphatic rings. The van der Waals surface area contributed by atoms with E-state index in [1.807, 2.05) is 5.48 Å². The molecule has 0 atom stereocenters. The highest BCUT2D eigenvalue weighted by molar-refractivity contribution is 6.30. The molecule has 0 saturated heterocycles. The van der Waals surface area contributed by atoms with Crippen LogP contribution < -0.4 is 10.8 Å². The maximum absolute atomic E-state index is 11.1. The molecule has 0 fully saturated rings. The van der Waals surface area contributed by atoms with Gasteiger partial charge in [0.25, 0.3) is 0 Å². The van der Waals surface area contributed by atoms with Crippen molar-refractivity contribution >= 4 is 29.3 Å². The number of aliphatic carboxylic acids is 1. The third-order valence-corrected chi connectivity index (χ3v) is 1.68. The van der Waals surface area contributed by atoms with Crippen LogP contribution in [0.3, 0.4) is 0 Å². The van der Waals surface area contributed by atoms with Gasteiger partial charge in [0.05, 0.1) is 0 Å². The smallest absolute Gasteiger partial charge is 0.343 e. The Balaban J connectivity index is 2.37. The summed E-state index contributed by atoms with van der Waals surface area (Å²) in [4.78, 5) is 25.6. The number of carbonyl (C=O) groups excluding carboxylic acids is 1. The van der Waals surface area contributed by atoms with Crippen molar-refractivity contribution in [3.63, 3.8) is 0 Å². The largest absolute Gasteiger partial charge is 0.479 e. The van der Waals surface area contributed by atoms with Crippen molar-refractivity contribution in [1.82, 2.24) is 5.48 Å². The fraction of sp³-hybridized carbons (Fsp3) is 0.111. The fourth-order valence-electron chi connectivity index (χ4n) is 0.886. The third-order valence-electron chi connectivity index (χ3n) is 1.44. The predicted octanol–water partition coefficient (Wildman–Crippen LogP) is 1.48. The maximum atomic E-state index is 11.1. The molecule has 2 amide bonds. The van der Waals surface area contributed by atoms with Crippen molar-refractivity contribution in [3.8, 4) is 0 Å². The molecule has 0 radical (unpaired) electrons. The molecule has 1 rings (SSSR count). The van der Waals surface area contributed by atoms with Gasteiger partial charge in [0, 0.05) is 10.7 Å². The van der Waals surface area contributed by atoms with Gasteiger partial charge in [-0.1, -0.05) is 17.7 Å². The van der Waals surface area contributed by atoms with Crippen LogP contribution in [0.4, 0.5) is 10.5 Å². The number of hydrogen-bond acceptors (Lipinski definition) is 3. The summed E-state index contributed by atoms with van der Waals surface area (Å²) < 4.78 is 0. The fourth-order valence-corrected chi connectivity index (χ4v) is 1.08. The normalized spacial score (nSPS) is 9.56. The first-order valence-electron chi connectivity index (χ1n) is 4.24. The van der Waals surface area contributed by atoms with Gasteiger partial charge >= 0.3 is 12.0 Å². The summed E-state index contributed by atoms with van der Waals surface area (Å²) in [6.45, 7) is -0.608. The van der Waals surface area contributed by atoms with E-state index in [0.717, 1.165) is 0 Å². The number of hydroxylamine groups is 1. The molecule has 0 bridgehead atoms. The zero-order valence-corrected chi connectivity index (χ0v) is 8.82. The minimum absolute atomic E-state index is 0.476. The lowest BCUT2D eigenvalue weighted by Crippen LogP contribution is -2.30. The van der Waals surface area contributed by atoms with E-state index in [4.69, 9.17) is 16.7 Å². The van der Waals surface area contributed by atoms with Gasteiger partial charge in [-0.25, -0.2) is 15.1 Å². The second-order valence-electron chi connectivity index (χ2n) is 2.75. The summed E-state index contributed by atoms with van der Waals surface area (Å²) in [5.74, 6) is -1.18. The molecule has 1 aromatic carbocycles. The summed E-state index contributed by atoms with van der Waals surface area (Å²) in [6, 6.07) is 5.81. The predicted molar refractivity (Wildman–Crippen MR) is 57.2 cm³/mol. The van der Waals surface area contributed by atoms with Crippen molar-refractivity contribution in [2.24, 2.45) is 0 Å². The highest BCUT2D eigenvalue weighted by Gasteiger charge is 2.03. The molecule has 0 aliphatic heterocycles. The number of amides is 2. The van der Waals surface area contributed by atoms with Crippen LogP contribution in [-0.2, 0) is 9.63 Å². The highest BCUT2D eigenvalue weighted by Crippen LogP contribution is 2.14. The first kappa shape index (κ1) is 12.3. The average Bonchev–Trinajstić information content (AvgIpc) is 2.16. The molecule has 7 heteroatoms. The molecule has 6 nitrogen and oxygen atoms in total. The summed E-state index contributed by atoms with van der Waals surface area (Å²) in [5, 5.41) is 11.1. The van der Waals surface area contributed by atoms with Gasteiger partial charge in [0.2, 0.25) is 0 Å². The minimum atomic E-state index is -1.18. The number of rotatable bonds is 4. The van der Waals surface area contributed by atoms with Crippen LogP contribution in [0.2, 0.25) is 5.02 Å². The van der Waals surface area contributed by atoms with Crippen molar-refractivity contribution in [2.75, 3.05) is 11.9 Å². The average molecular weight is 245 g/mol. The Morgan fingerprint density at radius 1 is 1.44 bits per heavy atom. The standard InChI is InChI=1S/C9H9ClN2O4/c10-6-2-1-3-7(4-6)11-9(15)12-16-5-8(13)14/h1-4H,5H2,(H,13,14)(H2,11,12,15). The molecule has 3 N–H and O–H groups in total. The molecular formula is C9H9ClN2O4. The lowest BCUT2D eigenvalue weighted by atomic mass is 10.3. The highest BCUT2D eigenvalue weighted by atomic mass is 35.5. The molecule has 0 aromatic heterocycles. The van der Waals surface area contributed by atoms with Crippen molar-refractivity contribution in [1.29, 1.82) is 0 Å². The summed E-state index contributed by atoms with van der Waals surface area (Å²) in [7, 11) is 0. The van der Waals surface area contributed by atoms with Gasteiger partial charge in [-0.05, 0) is 18.2 Å². The number of carboxylic acid groups (broad SMARTS) is 1. The van der Waals surface area contributed by atoms with E-state index in [2.05, 4.69) is 10.2 Å². The summed E-state index contributed by atoms with van der Waals surface area (Å²) in [6.07, 6.45) is 0. The Labute approximate surface area is 96.1 Å². The van der Waals surface area contributed by atoms with Gasteiger partial charge < -0.3 is 10.4 Å². The number of carbonyl (C=O) groups is 2. The second kappa shape index (κ2) is 5.94. The van der Waals surface area contributed by atoms with Crippen LogP contribution in [0, 0.1) is 0 Å². The Morgan fingerprint density at radius 3 is 2.81 bits per heavy atom. The second-order valence-corrected chi connectivity index (χ2v) is 3.19.